The Balaban J connectivity index is 1.69. The normalized spacial score (nSPS) is 22.5. The topological polar surface area (TPSA) is 65.8 Å². The van der Waals surface area contributed by atoms with Gasteiger partial charge in [0, 0.05) is 26.4 Å². The second-order valence-corrected chi connectivity index (χ2v) is 9.91. The molecule has 0 spiro atoms. The zero-order valence-corrected chi connectivity index (χ0v) is 21.2. The van der Waals surface area contributed by atoms with E-state index >= 15 is 0 Å². The molecule has 1 saturated carbocycles. The van der Waals surface area contributed by atoms with Crippen LogP contribution in [0.3, 0.4) is 0 Å². The number of rotatable bonds is 9. The Morgan fingerprint density at radius 3 is 2.40 bits per heavy atom. The summed E-state index contributed by atoms with van der Waals surface area (Å²) in [5, 5.41) is 9.28. The second-order valence-electron chi connectivity index (χ2n) is 9.55. The van der Waals surface area contributed by atoms with E-state index in [1.165, 1.54) is 11.0 Å². The Bertz CT molecular complexity index is 969. The lowest BCUT2D eigenvalue weighted by Gasteiger charge is -2.40. The molecule has 1 aromatic carbocycles. The average molecular weight is 512 g/mol. The number of thiocarbonyl (C=S) groups is 1. The molecule has 1 amide bonds. The van der Waals surface area contributed by atoms with Crippen LogP contribution in [0.1, 0.15) is 69.9 Å². The first-order valence-corrected chi connectivity index (χ1v) is 12.3. The molecule has 3 rings (SSSR count). The molecule has 1 saturated heterocycles. The molecule has 1 aromatic rings. The fraction of sp³-hybridized carbons (Fsp3) is 0.640. The predicted molar refractivity (Wildman–Crippen MR) is 130 cm³/mol. The van der Waals surface area contributed by atoms with Crippen molar-refractivity contribution in [2.75, 3.05) is 25.2 Å². The van der Waals surface area contributed by atoms with Gasteiger partial charge in [0.2, 0.25) is 0 Å². The van der Waals surface area contributed by atoms with Crippen molar-refractivity contribution in [1.82, 2.24) is 4.90 Å². The molecule has 1 heterocycles. The SMILES string of the molecule is COCCCCCOC1CCC(N2C(=S)N(c3ccc(C#N)c(C(F)(F)F)c3)C(=O)C2(C)C)CC1. The van der Waals surface area contributed by atoms with E-state index in [0.717, 1.165) is 63.7 Å². The summed E-state index contributed by atoms with van der Waals surface area (Å²) in [4.78, 5) is 16.4. The van der Waals surface area contributed by atoms with E-state index in [-0.39, 0.29) is 28.9 Å². The summed E-state index contributed by atoms with van der Waals surface area (Å²) in [5.74, 6) is -0.380. The number of nitrogens with zero attached hydrogens (tertiary/aromatic N) is 3. The zero-order chi connectivity index (χ0) is 25.8. The lowest BCUT2D eigenvalue weighted by molar-refractivity contribution is -0.137. The number of benzene rings is 1. The van der Waals surface area contributed by atoms with Gasteiger partial charge < -0.3 is 14.4 Å². The van der Waals surface area contributed by atoms with Gasteiger partial charge in [-0.3, -0.25) is 9.69 Å². The van der Waals surface area contributed by atoms with Crippen LogP contribution in [0.5, 0.6) is 0 Å². The molecule has 2 fully saturated rings. The smallest absolute Gasteiger partial charge is 0.385 e. The molecule has 1 aliphatic carbocycles. The third-order valence-corrected chi connectivity index (χ3v) is 7.15. The van der Waals surface area contributed by atoms with Crippen LogP contribution in [0.4, 0.5) is 18.9 Å². The highest BCUT2D eigenvalue weighted by molar-refractivity contribution is 7.80. The fourth-order valence-electron chi connectivity index (χ4n) is 4.90. The minimum absolute atomic E-state index is 0.00605. The molecule has 0 atom stereocenters. The summed E-state index contributed by atoms with van der Waals surface area (Å²) in [6, 6.07) is 4.82. The van der Waals surface area contributed by atoms with E-state index in [1.54, 1.807) is 27.0 Å². The van der Waals surface area contributed by atoms with Gasteiger partial charge in [0.25, 0.3) is 5.91 Å². The van der Waals surface area contributed by atoms with Gasteiger partial charge in [0.15, 0.2) is 5.11 Å². The highest BCUT2D eigenvalue weighted by atomic mass is 32.1. The zero-order valence-electron chi connectivity index (χ0n) is 20.4. The van der Waals surface area contributed by atoms with Crippen molar-refractivity contribution in [3.63, 3.8) is 0 Å². The number of methoxy groups -OCH3 is 1. The van der Waals surface area contributed by atoms with Crippen LogP contribution in [0.15, 0.2) is 18.2 Å². The molecule has 35 heavy (non-hydrogen) atoms. The Morgan fingerprint density at radius 1 is 1.14 bits per heavy atom. The minimum atomic E-state index is -4.72. The van der Waals surface area contributed by atoms with Crippen molar-refractivity contribution in [3.05, 3.63) is 29.3 Å². The summed E-state index contributed by atoms with van der Waals surface area (Å²) in [5.41, 5.74) is -2.55. The third kappa shape index (κ3) is 5.96. The molecular weight excluding hydrogens is 479 g/mol. The first-order chi connectivity index (χ1) is 16.5. The molecule has 192 valence electrons. The number of ether oxygens (including phenoxy) is 2. The average Bonchev–Trinajstić information content (AvgIpc) is 2.99. The largest absolute Gasteiger partial charge is 0.417 e. The quantitative estimate of drug-likeness (QED) is 0.325. The predicted octanol–water partition coefficient (Wildman–Crippen LogP) is 5.43. The van der Waals surface area contributed by atoms with Crippen LogP contribution in [0, 0.1) is 11.3 Å². The number of amides is 1. The second kappa shape index (κ2) is 11.2. The summed E-state index contributed by atoms with van der Waals surface area (Å²) < 4.78 is 51.6. The highest BCUT2D eigenvalue weighted by Crippen LogP contribution is 2.40. The van der Waals surface area contributed by atoms with Crippen LogP contribution in [0.2, 0.25) is 0 Å². The van der Waals surface area contributed by atoms with Crippen LogP contribution < -0.4 is 4.90 Å². The number of nitriles is 1. The Labute approximate surface area is 210 Å². The van der Waals surface area contributed by atoms with E-state index in [9.17, 15) is 18.0 Å². The molecule has 0 radical (unpaired) electrons. The van der Waals surface area contributed by atoms with Crippen LogP contribution in [0.25, 0.3) is 0 Å². The van der Waals surface area contributed by atoms with Crippen molar-refractivity contribution in [2.45, 2.75) is 82.7 Å². The summed E-state index contributed by atoms with van der Waals surface area (Å²) in [6.45, 7) is 4.96. The first kappa shape index (κ1) is 27.4. The van der Waals surface area contributed by atoms with E-state index in [1.807, 2.05) is 4.90 Å². The van der Waals surface area contributed by atoms with Crippen molar-refractivity contribution < 1.29 is 27.4 Å². The molecule has 2 aliphatic rings. The molecular formula is C25H32F3N3O3S. The van der Waals surface area contributed by atoms with Gasteiger partial charge in [-0.1, -0.05) is 0 Å². The molecule has 1 aliphatic heterocycles. The highest BCUT2D eigenvalue weighted by Gasteiger charge is 2.52. The van der Waals surface area contributed by atoms with Gasteiger partial charge in [-0.15, -0.1) is 0 Å². The number of alkyl halides is 3. The van der Waals surface area contributed by atoms with Crippen LogP contribution in [-0.2, 0) is 20.4 Å². The van der Waals surface area contributed by atoms with Gasteiger partial charge in [-0.2, -0.15) is 18.4 Å². The van der Waals surface area contributed by atoms with Gasteiger partial charge in [-0.05, 0) is 89.2 Å². The lowest BCUT2D eigenvalue weighted by Crippen LogP contribution is -2.51. The van der Waals surface area contributed by atoms with Crippen LogP contribution >= 0.6 is 12.2 Å². The lowest BCUT2D eigenvalue weighted by atomic mass is 9.89. The fourth-order valence-corrected chi connectivity index (χ4v) is 5.46. The van der Waals surface area contributed by atoms with E-state index < -0.39 is 22.8 Å². The van der Waals surface area contributed by atoms with E-state index in [0.29, 0.717) is 6.61 Å². The first-order valence-electron chi connectivity index (χ1n) is 11.9. The van der Waals surface area contributed by atoms with E-state index in [4.69, 9.17) is 27.0 Å². The van der Waals surface area contributed by atoms with Gasteiger partial charge >= 0.3 is 6.18 Å². The molecule has 0 N–H and O–H groups in total. The Morgan fingerprint density at radius 2 is 1.80 bits per heavy atom. The number of halogens is 3. The van der Waals surface area contributed by atoms with Crippen molar-refractivity contribution >= 4 is 28.9 Å². The van der Waals surface area contributed by atoms with Crippen molar-refractivity contribution in [3.8, 4) is 6.07 Å². The molecule has 0 unspecified atom stereocenters. The molecule has 6 nitrogen and oxygen atoms in total. The molecule has 10 heteroatoms. The number of carbonyl (C=O) groups excluding carboxylic acids is 1. The number of hydrogen-bond acceptors (Lipinski definition) is 5. The van der Waals surface area contributed by atoms with Crippen molar-refractivity contribution in [1.29, 1.82) is 5.26 Å². The summed E-state index contributed by atoms with van der Waals surface area (Å²) in [6.07, 6.45) is 1.73. The number of carbonyl (C=O) groups is 1. The number of anilines is 1. The number of hydrogen-bond donors (Lipinski definition) is 0. The maximum absolute atomic E-state index is 13.5. The van der Waals surface area contributed by atoms with Crippen molar-refractivity contribution in [2.24, 2.45) is 0 Å². The number of unbranched alkanes of at least 4 members (excludes halogenated alkanes) is 2. The maximum atomic E-state index is 13.5. The maximum Gasteiger partial charge on any atom is 0.417 e. The molecule has 0 aromatic heterocycles. The third-order valence-electron chi connectivity index (χ3n) is 6.77. The monoisotopic (exact) mass is 511 g/mol. The minimum Gasteiger partial charge on any atom is -0.385 e. The van der Waals surface area contributed by atoms with Gasteiger partial charge in [0.05, 0.1) is 29.0 Å². The Kier molecular flexibility index (Phi) is 8.78. The summed E-state index contributed by atoms with van der Waals surface area (Å²) in [7, 11) is 1.69. The standard InChI is InChI=1S/C25H32F3N3O3S/c1-24(2)22(32)30(19-8-7-17(16-29)21(15-19)25(26,27)28)23(35)31(24)18-9-11-20(12-10-18)34-14-6-4-5-13-33-3/h7-8,15,18,20H,4-6,9-14H2,1-3H3. The van der Waals surface area contributed by atoms with E-state index in [2.05, 4.69) is 0 Å². The summed E-state index contributed by atoms with van der Waals surface area (Å²) >= 11 is 5.64. The van der Waals surface area contributed by atoms with Gasteiger partial charge in [-0.25, -0.2) is 0 Å². The Hall–Kier alpha value is -2.22. The van der Waals surface area contributed by atoms with Crippen LogP contribution in [-0.4, -0.2) is 53.9 Å². The van der Waals surface area contributed by atoms with Gasteiger partial charge in [0.1, 0.15) is 5.54 Å². The molecule has 0 bridgehead atoms.